The van der Waals surface area contributed by atoms with Crippen molar-refractivity contribution in [3.63, 3.8) is 0 Å². The molecule has 0 atom stereocenters. The number of phenolic OH excluding ortho intramolecular Hbond substituents is 2. The van der Waals surface area contributed by atoms with E-state index in [2.05, 4.69) is 6.58 Å². The Balaban J connectivity index is 2.93. The van der Waals surface area contributed by atoms with Gasteiger partial charge in [-0.25, -0.2) is 0 Å². The molecule has 0 saturated carbocycles. The molecule has 0 unspecified atom stereocenters. The lowest BCUT2D eigenvalue weighted by atomic mass is 9.71. The molecule has 2 aromatic carbocycles. The van der Waals surface area contributed by atoms with Crippen LogP contribution in [0.25, 0.3) is 5.57 Å². The number of benzene rings is 2. The SMILES string of the molecule is C=C(C)c1cc(C(C)(C)C)c(O)c(C(C)(C)c2c(O)cc(Cl)cc2C(C)=O)c1. The van der Waals surface area contributed by atoms with Crippen molar-refractivity contribution in [2.75, 3.05) is 0 Å². The van der Waals surface area contributed by atoms with Crippen LogP contribution in [0, 0.1) is 0 Å². The third-order valence-electron chi connectivity index (χ3n) is 5.17. The summed E-state index contributed by atoms with van der Waals surface area (Å²) >= 11 is 6.07. The number of carbonyl (C=O) groups excluding carboxylic acids is 1. The standard InChI is InChI=1S/C24H29ClO3/c1-13(2)15-9-18(23(4,5)6)22(28)19(10-15)24(7,8)21-17(14(3)26)11-16(25)12-20(21)27/h9-12,27-28H,1H2,2-8H3. The molecular weight excluding hydrogens is 372 g/mol. The summed E-state index contributed by atoms with van der Waals surface area (Å²) in [7, 11) is 0. The van der Waals surface area contributed by atoms with Gasteiger partial charge in [-0.05, 0) is 49.1 Å². The molecular formula is C24H29ClO3. The number of hydrogen-bond acceptors (Lipinski definition) is 3. The third kappa shape index (κ3) is 3.95. The van der Waals surface area contributed by atoms with Crippen molar-refractivity contribution in [3.8, 4) is 11.5 Å². The maximum atomic E-state index is 12.3. The highest BCUT2D eigenvalue weighted by atomic mass is 35.5. The monoisotopic (exact) mass is 400 g/mol. The molecule has 0 bridgehead atoms. The van der Waals surface area contributed by atoms with Crippen molar-refractivity contribution in [1.82, 2.24) is 0 Å². The first-order chi connectivity index (χ1) is 12.7. The van der Waals surface area contributed by atoms with E-state index in [4.69, 9.17) is 11.6 Å². The van der Waals surface area contributed by atoms with Crippen LogP contribution in [0.15, 0.2) is 30.8 Å². The van der Waals surface area contributed by atoms with E-state index in [1.165, 1.54) is 13.0 Å². The summed E-state index contributed by atoms with van der Waals surface area (Å²) in [4.78, 5) is 12.3. The van der Waals surface area contributed by atoms with Crippen LogP contribution in [0.3, 0.4) is 0 Å². The largest absolute Gasteiger partial charge is 0.508 e. The lowest BCUT2D eigenvalue weighted by Gasteiger charge is -2.33. The summed E-state index contributed by atoms with van der Waals surface area (Å²) in [5.41, 5.74) is 2.81. The van der Waals surface area contributed by atoms with Gasteiger partial charge in [0, 0.05) is 32.7 Å². The van der Waals surface area contributed by atoms with Crippen molar-refractivity contribution in [3.05, 3.63) is 63.7 Å². The molecule has 2 aromatic rings. The Morgan fingerprint density at radius 1 is 0.964 bits per heavy atom. The predicted octanol–water partition coefficient (Wildman–Crippen LogP) is 6.61. The number of Topliss-reactive ketones (excluding diaryl/α,β-unsaturated/α-hetero) is 1. The molecule has 3 nitrogen and oxygen atoms in total. The number of hydrogen-bond donors (Lipinski definition) is 2. The molecule has 0 saturated heterocycles. The van der Waals surface area contributed by atoms with Crippen LogP contribution < -0.4 is 0 Å². The minimum atomic E-state index is -0.856. The van der Waals surface area contributed by atoms with E-state index in [9.17, 15) is 15.0 Å². The van der Waals surface area contributed by atoms with Crippen LogP contribution in [0.4, 0.5) is 0 Å². The zero-order valence-electron chi connectivity index (χ0n) is 17.7. The Bertz CT molecular complexity index is 963. The van der Waals surface area contributed by atoms with Gasteiger partial charge in [0.05, 0.1) is 0 Å². The predicted molar refractivity (Wildman–Crippen MR) is 117 cm³/mol. The second-order valence-electron chi connectivity index (χ2n) is 8.98. The van der Waals surface area contributed by atoms with Gasteiger partial charge in [-0.3, -0.25) is 4.79 Å². The maximum Gasteiger partial charge on any atom is 0.160 e. The average molecular weight is 401 g/mol. The van der Waals surface area contributed by atoms with Crippen LogP contribution >= 0.6 is 11.6 Å². The van der Waals surface area contributed by atoms with Crippen LogP contribution in [-0.4, -0.2) is 16.0 Å². The van der Waals surface area contributed by atoms with Gasteiger partial charge in [0.1, 0.15) is 11.5 Å². The van der Waals surface area contributed by atoms with E-state index in [1.54, 1.807) is 6.07 Å². The first-order valence-electron chi connectivity index (χ1n) is 9.25. The van der Waals surface area contributed by atoms with E-state index in [0.29, 0.717) is 16.7 Å². The maximum absolute atomic E-state index is 12.3. The van der Waals surface area contributed by atoms with Gasteiger partial charge in [0.25, 0.3) is 0 Å². The van der Waals surface area contributed by atoms with Crippen LogP contribution in [-0.2, 0) is 10.8 Å². The third-order valence-corrected chi connectivity index (χ3v) is 5.39. The number of carbonyl (C=O) groups is 1. The molecule has 0 aliphatic carbocycles. The summed E-state index contributed by atoms with van der Waals surface area (Å²) in [6.07, 6.45) is 0. The van der Waals surface area contributed by atoms with E-state index in [-0.39, 0.29) is 27.7 Å². The van der Waals surface area contributed by atoms with Crippen molar-refractivity contribution in [2.24, 2.45) is 0 Å². The summed E-state index contributed by atoms with van der Waals surface area (Å²) in [5, 5.41) is 22.2. The highest BCUT2D eigenvalue weighted by Gasteiger charge is 2.35. The Morgan fingerprint density at radius 2 is 1.50 bits per heavy atom. The fourth-order valence-corrected chi connectivity index (χ4v) is 3.80. The van der Waals surface area contributed by atoms with E-state index in [0.717, 1.165) is 16.7 Å². The average Bonchev–Trinajstić information content (AvgIpc) is 2.52. The van der Waals surface area contributed by atoms with Crippen molar-refractivity contribution < 1.29 is 15.0 Å². The molecule has 150 valence electrons. The van der Waals surface area contributed by atoms with Gasteiger partial charge in [0.2, 0.25) is 0 Å². The molecule has 2 rings (SSSR count). The van der Waals surface area contributed by atoms with Gasteiger partial charge in [-0.2, -0.15) is 0 Å². The number of rotatable bonds is 4. The molecule has 0 aromatic heterocycles. The molecule has 0 amide bonds. The Kier molecular flexibility index (Phi) is 5.73. The van der Waals surface area contributed by atoms with Gasteiger partial charge < -0.3 is 10.2 Å². The minimum Gasteiger partial charge on any atom is -0.508 e. The molecule has 0 aliphatic rings. The van der Waals surface area contributed by atoms with Gasteiger partial charge >= 0.3 is 0 Å². The fourth-order valence-electron chi connectivity index (χ4n) is 3.59. The van der Waals surface area contributed by atoms with Gasteiger partial charge in [-0.1, -0.05) is 58.4 Å². The van der Waals surface area contributed by atoms with Gasteiger partial charge in [0.15, 0.2) is 5.78 Å². The van der Waals surface area contributed by atoms with Crippen LogP contribution in [0.2, 0.25) is 5.02 Å². The quantitative estimate of drug-likeness (QED) is 0.567. The summed E-state index contributed by atoms with van der Waals surface area (Å²) in [5.74, 6) is -0.112. The molecule has 0 aliphatic heterocycles. The van der Waals surface area contributed by atoms with Gasteiger partial charge in [-0.15, -0.1) is 0 Å². The summed E-state index contributed by atoms with van der Waals surface area (Å²) < 4.78 is 0. The summed E-state index contributed by atoms with van der Waals surface area (Å²) in [6, 6.07) is 6.82. The zero-order valence-corrected chi connectivity index (χ0v) is 18.5. The molecule has 0 radical (unpaired) electrons. The minimum absolute atomic E-state index is 0.0693. The number of ketones is 1. The van der Waals surface area contributed by atoms with Crippen LogP contribution in [0.1, 0.15) is 81.1 Å². The number of phenols is 2. The second kappa shape index (κ2) is 7.29. The highest BCUT2D eigenvalue weighted by Crippen LogP contribution is 2.47. The van der Waals surface area contributed by atoms with Crippen molar-refractivity contribution in [2.45, 2.75) is 59.3 Å². The number of aromatic hydroxyl groups is 2. The first kappa shape index (κ1) is 22.0. The van der Waals surface area contributed by atoms with Crippen molar-refractivity contribution >= 4 is 23.0 Å². The van der Waals surface area contributed by atoms with E-state index < -0.39 is 5.41 Å². The molecule has 28 heavy (non-hydrogen) atoms. The van der Waals surface area contributed by atoms with E-state index in [1.807, 2.05) is 53.7 Å². The molecule has 0 spiro atoms. The summed E-state index contributed by atoms with van der Waals surface area (Å²) in [6.45, 7) is 17.3. The van der Waals surface area contributed by atoms with Crippen LogP contribution in [0.5, 0.6) is 11.5 Å². The Hall–Kier alpha value is -2.26. The topological polar surface area (TPSA) is 57.5 Å². The Morgan fingerprint density at radius 3 is 1.96 bits per heavy atom. The molecule has 0 heterocycles. The number of halogens is 1. The van der Waals surface area contributed by atoms with E-state index >= 15 is 0 Å². The lowest BCUT2D eigenvalue weighted by molar-refractivity contribution is 0.101. The Labute approximate surface area is 172 Å². The number of allylic oxidation sites excluding steroid dienone is 1. The van der Waals surface area contributed by atoms with Crippen molar-refractivity contribution in [1.29, 1.82) is 0 Å². The highest BCUT2D eigenvalue weighted by molar-refractivity contribution is 6.31. The lowest BCUT2D eigenvalue weighted by Crippen LogP contribution is -2.24. The second-order valence-corrected chi connectivity index (χ2v) is 9.42. The molecule has 2 N–H and O–H groups in total. The molecule has 4 heteroatoms. The normalized spacial score (nSPS) is 12.1. The zero-order chi connectivity index (χ0) is 21.6. The first-order valence-corrected chi connectivity index (χ1v) is 9.63. The fraction of sp³-hybridized carbons (Fsp3) is 0.375. The molecule has 0 fully saturated rings. The smallest absolute Gasteiger partial charge is 0.160 e.